The predicted molar refractivity (Wildman–Crippen MR) is 123 cm³/mol. The van der Waals surface area contributed by atoms with Gasteiger partial charge in [-0.1, -0.05) is 23.7 Å². The first-order valence-electron chi connectivity index (χ1n) is 9.90. The fraction of sp³-hybridized carbons (Fsp3) is 0.286. The lowest BCUT2D eigenvalue weighted by atomic mass is 9.56. The predicted octanol–water partition coefficient (Wildman–Crippen LogP) is 2.35. The lowest BCUT2D eigenvalue weighted by molar-refractivity contribution is 0.0447. The van der Waals surface area contributed by atoms with E-state index < -0.39 is 36.2 Å². The van der Waals surface area contributed by atoms with E-state index >= 15 is 0 Å². The van der Waals surface area contributed by atoms with Crippen molar-refractivity contribution in [1.82, 2.24) is 4.90 Å². The number of piperidine rings is 1. The molecule has 2 unspecified atom stereocenters. The van der Waals surface area contributed by atoms with Crippen molar-refractivity contribution in [1.29, 1.82) is 0 Å². The van der Waals surface area contributed by atoms with Crippen LogP contribution in [0.5, 0.6) is 11.5 Å². The second-order valence-electron chi connectivity index (χ2n) is 8.08. The average Bonchev–Trinajstić information content (AvgIpc) is 2.69. The lowest BCUT2D eigenvalue weighted by Crippen LogP contribution is -2.53. The Hall–Kier alpha value is -2.33. The number of aliphatic hydroxyl groups excluding tert-OH is 1. The number of likely N-dealkylation sites (tertiary alicyclic amines) is 1. The lowest BCUT2D eigenvalue weighted by Gasteiger charge is -2.43. The molecule has 0 saturated carbocycles. The number of aromatic hydroxyl groups is 1. The minimum atomic E-state index is -5.09. The largest absolute Gasteiger partial charge is 0.524 e. The van der Waals surface area contributed by atoms with Crippen molar-refractivity contribution in [3.8, 4) is 22.8 Å². The molecule has 0 spiro atoms. The van der Waals surface area contributed by atoms with Crippen molar-refractivity contribution >= 4 is 38.2 Å². The topological polar surface area (TPSA) is 141 Å². The number of phenols is 1. The highest BCUT2D eigenvalue weighted by atomic mass is 35.5. The molecule has 1 aliphatic rings. The molecule has 1 saturated heterocycles. The molecule has 1 aromatic heterocycles. The Labute approximate surface area is 194 Å². The van der Waals surface area contributed by atoms with E-state index in [0.717, 1.165) is 12.1 Å². The van der Waals surface area contributed by atoms with E-state index in [4.69, 9.17) is 23.9 Å². The standard InChI is InChI=1S/C21H20BClNO8P/c1-24-7-6-21(22,17(27)10-24)19-14(26)9-16(32-33(28,29)30)18-13(25)8-15(31-20(18)19)11-4-2-3-5-12(11)23/h2-5,8-9,17,26-27H,6-7,10H2,1H3,(H2,28,29,30). The van der Waals surface area contributed by atoms with Gasteiger partial charge in [-0.2, -0.15) is 0 Å². The summed E-state index contributed by atoms with van der Waals surface area (Å²) >= 11 is 6.26. The van der Waals surface area contributed by atoms with Crippen LogP contribution in [0.1, 0.15) is 12.0 Å². The fourth-order valence-electron chi connectivity index (χ4n) is 4.11. The fourth-order valence-corrected chi connectivity index (χ4v) is 4.74. The number of phosphoric acid groups is 1. The molecular formula is C21H20BClNO8P. The number of benzene rings is 2. The number of nitrogens with zero attached hydrogens (tertiary/aromatic N) is 1. The summed E-state index contributed by atoms with van der Waals surface area (Å²) in [5.74, 6) is -1.08. The molecule has 2 heterocycles. The Kier molecular flexibility index (Phi) is 6.11. The van der Waals surface area contributed by atoms with Crippen molar-refractivity contribution in [3.63, 3.8) is 0 Å². The van der Waals surface area contributed by atoms with Crippen LogP contribution in [0, 0.1) is 0 Å². The third-order valence-electron chi connectivity index (χ3n) is 5.75. The van der Waals surface area contributed by atoms with Crippen molar-refractivity contribution in [3.05, 3.63) is 57.2 Å². The van der Waals surface area contributed by atoms with Crippen molar-refractivity contribution in [2.24, 2.45) is 0 Å². The van der Waals surface area contributed by atoms with E-state index in [1.54, 1.807) is 31.3 Å². The van der Waals surface area contributed by atoms with Gasteiger partial charge in [-0.05, 0) is 37.5 Å². The smallest absolute Gasteiger partial charge is 0.507 e. The highest BCUT2D eigenvalue weighted by Crippen LogP contribution is 2.48. The summed E-state index contributed by atoms with van der Waals surface area (Å²) in [6, 6.07) is 8.58. The second kappa shape index (κ2) is 8.47. The monoisotopic (exact) mass is 491 g/mol. The zero-order chi connectivity index (χ0) is 24.1. The SMILES string of the molecule is [B]C1(c2c(O)cc(OP(=O)(O)O)c3c(=O)cc(-c4ccccc4Cl)oc23)CCN(C)CC1O. The van der Waals surface area contributed by atoms with Gasteiger partial charge >= 0.3 is 7.82 Å². The third-order valence-corrected chi connectivity index (χ3v) is 6.52. The Morgan fingerprint density at radius 1 is 1.30 bits per heavy atom. The number of hydrogen-bond acceptors (Lipinski definition) is 7. The zero-order valence-electron chi connectivity index (χ0n) is 17.4. The third kappa shape index (κ3) is 4.42. The summed E-state index contributed by atoms with van der Waals surface area (Å²) in [5.41, 5.74) is -0.657. The van der Waals surface area contributed by atoms with Crippen LogP contribution in [0.4, 0.5) is 0 Å². The van der Waals surface area contributed by atoms with Crippen molar-refractivity contribution in [2.45, 2.75) is 17.8 Å². The van der Waals surface area contributed by atoms with Gasteiger partial charge in [0.2, 0.25) is 0 Å². The Bertz CT molecular complexity index is 1340. The van der Waals surface area contributed by atoms with E-state index in [0.29, 0.717) is 12.1 Å². The van der Waals surface area contributed by atoms with E-state index in [2.05, 4.69) is 4.52 Å². The van der Waals surface area contributed by atoms with Crippen LogP contribution in [0.3, 0.4) is 0 Å². The normalized spacial score (nSPS) is 21.9. The number of phosphoric ester groups is 1. The maximum absolute atomic E-state index is 13.1. The number of rotatable bonds is 4. The highest BCUT2D eigenvalue weighted by molar-refractivity contribution is 7.46. The van der Waals surface area contributed by atoms with Gasteiger partial charge in [0.1, 0.15) is 28.2 Å². The molecule has 0 amide bonds. The molecule has 0 bridgehead atoms. The molecule has 4 N–H and O–H groups in total. The number of likely N-dealkylation sites (N-methyl/N-ethyl adjacent to an activating group) is 1. The maximum atomic E-state index is 13.1. The van der Waals surface area contributed by atoms with Crippen LogP contribution in [-0.4, -0.2) is 59.0 Å². The van der Waals surface area contributed by atoms with Crippen LogP contribution < -0.4 is 9.95 Å². The van der Waals surface area contributed by atoms with Crippen LogP contribution in [0.2, 0.25) is 5.02 Å². The molecule has 1 fully saturated rings. The van der Waals surface area contributed by atoms with Gasteiger partial charge in [0.25, 0.3) is 0 Å². The minimum absolute atomic E-state index is 0.0399. The molecule has 0 aliphatic carbocycles. The Balaban J connectivity index is 2.08. The molecule has 9 nitrogen and oxygen atoms in total. The molecule has 3 aromatic rings. The first-order chi connectivity index (χ1) is 15.4. The Morgan fingerprint density at radius 3 is 2.64 bits per heavy atom. The molecule has 1 aliphatic heterocycles. The molecule has 2 aromatic carbocycles. The van der Waals surface area contributed by atoms with E-state index in [9.17, 15) is 29.4 Å². The van der Waals surface area contributed by atoms with Gasteiger partial charge in [-0.3, -0.25) is 14.6 Å². The molecule has 172 valence electrons. The number of β-amino-alcohol motifs (C(OH)–C–C–N with tert-alkyl or cyclic N) is 1. The van der Waals surface area contributed by atoms with Gasteiger partial charge in [0.15, 0.2) is 5.43 Å². The van der Waals surface area contributed by atoms with E-state index in [-0.39, 0.29) is 40.3 Å². The summed E-state index contributed by atoms with van der Waals surface area (Å²) in [5, 5.41) is 20.1. The molecular weight excluding hydrogens is 471 g/mol. The second-order valence-corrected chi connectivity index (χ2v) is 9.65. The first kappa shape index (κ1) is 23.8. The van der Waals surface area contributed by atoms with Crippen molar-refractivity contribution in [2.75, 3.05) is 20.1 Å². The molecule has 12 heteroatoms. The minimum Gasteiger partial charge on any atom is -0.507 e. The van der Waals surface area contributed by atoms with Gasteiger partial charge < -0.3 is 24.1 Å². The van der Waals surface area contributed by atoms with Crippen molar-refractivity contribution < 1.29 is 33.5 Å². The highest BCUT2D eigenvalue weighted by Gasteiger charge is 2.43. The average molecular weight is 492 g/mol. The van der Waals surface area contributed by atoms with Crippen LogP contribution in [0.25, 0.3) is 22.3 Å². The van der Waals surface area contributed by atoms with E-state index in [1.165, 1.54) is 0 Å². The summed E-state index contributed by atoms with van der Waals surface area (Å²) in [4.78, 5) is 33.6. The number of phenolic OH excluding ortho intramolecular Hbond substituents is 1. The van der Waals surface area contributed by atoms with E-state index in [1.807, 2.05) is 4.90 Å². The van der Waals surface area contributed by atoms with Crippen LogP contribution >= 0.6 is 19.4 Å². The van der Waals surface area contributed by atoms with Gasteiger partial charge in [0.05, 0.1) is 19.0 Å². The maximum Gasteiger partial charge on any atom is 0.524 e. The molecule has 2 atom stereocenters. The quantitative estimate of drug-likeness (QED) is 0.320. The Morgan fingerprint density at radius 2 is 2.00 bits per heavy atom. The number of hydrogen-bond donors (Lipinski definition) is 4. The van der Waals surface area contributed by atoms with Gasteiger partial charge in [0, 0.05) is 29.8 Å². The summed E-state index contributed by atoms with van der Waals surface area (Å²) in [6.07, 6.45) is -0.945. The molecule has 33 heavy (non-hydrogen) atoms. The number of halogens is 1. The summed E-state index contributed by atoms with van der Waals surface area (Å²) in [6.45, 7) is 0.663. The molecule has 2 radical (unpaired) electrons. The number of fused-ring (bicyclic) bond motifs is 1. The number of aliphatic hydroxyl groups is 1. The summed E-state index contributed by atoms with van der Waals surface area (Å²) in [7, 11) is 3.28. The van der Waals surface area contributed by atoms with Gasteiger partial charge in [-0.15, -0.1) is 0 Å². The van der Waals surface area contributed by atoms with Crippen LogP contribution in [-0.2, 0) is 9.88 Å². The molecule has 4 rings (SSSR count). The first-order valence-corrected chi connectivity index (χ1v) is 11.8. The van der Waals surface area contributed by atoms with Gasteiger partial charge in [-0.25, -0.2) is 4.57 Å². The van der Waals surface area contributed by atoms with Crippen LogP contribution in [0.15, 0.2) is 45.6 Å². The summed E-state index contributed by atoms with van der Waals surface area (Å²) < 4.78 is 22.2. The zero-order valence-corrected chi connectivity index (χ0v) is 19.1.